The van der Waals surface area contributed by atoms with Gasteiger partial charge in [0, 0.05) is 10.0 Å². The molecule has 0 unspecified atom stereocenters. The molecule has 0 aliphatic heterocycles. The first-order valence-electron chi connectivity index (χ1n) is 7.91. The number of aromatic nitrogens is 4. The molecule has 0 atom stereocenters. The fourth-order valence-electron chi connectivity index (χ4n) is 2.70. The third kappa shape index (κ3) is 2.97. The molecule has 0 saturated heterocycles. The van der Waals surface area contributed by atoms with Crippen molar-refractivity contribution in [2.45, 2.75) is 6.54 Å². The third-order valence-corrected chi connectivity index (χ3v) is 4.56. The molecule has 128 valence electrons. The first kappa shape index (κ1) is 16.4. The Morgan fingerprint density at radius 1 is 1.04 bits per heavy atom. The number of hydrogen-bond acceptors (Lipinski definition) is 4. The van der Waals surface area contributed by atoms with Gasteiger partial charge in [-0.25, -0.2) is 9.67 Å². The van der Waals surface area contributed by atoms with Crippen molar-refractivity contribution >= 4 is 32.7 Å². The van der Waals surface area contributed by atoms with Gasteiger partial charge in [0.2, 0.25) is 0 Å². The number of benzene rings is 2. The lowest BCUT2D eigenvalue weighted by Gasteiger charge is -2.06. The zero-order valence-electron chi connectivity index (χ0n) is 13.5. The van der Waals surface area contributed by atoms with E-state index >= 15 is 0 Å². The molecule has 0 bridgehead atoms. The van der Waals surface area contributed by atoms with Gasteiger partial charge in [-0.05, 0) is 24.3 Å². The lowest BCUT2D eigenvalue weighted by Crippen LogP contribution is -2.24. The predicted octanol–water partition coefficient (Wildman–Crippen LogP) is 3.23. The number of Topliss-reactive ketones (excluding diaryl/α,β-unsaturated/α-hetero) is 1. The van der Waals surface area contributed by atoms with Crippen molar-refractivity contribution in [3.8, 4) is 5.69 Å². The number of carbonyl (C=O) groups excluding carboxylic acids is 1. The van der Waals surface area contributed by atoms with Gasteiger partial charge < -0.3 is 0 Å². The van der Waals surface area contributed by atoms with Gasteiger partial charge in [-0.2, -0.15) is 5.10 Å². The van der Waals surface area contributed by atoms with Gasteiger partial charge in [-0.1, -0.05) is 46.3 Å². The van der Waals surface area contributed by atoms with E-state index in [4.69, 9.17) is 0 Å². The normalized spacial score (nSPS) is 11.0. The quantitative estimate of drug-likeness (QED) is 0.486. The van der Waals surface area contributed by atoms with Crippen molar-refractivity contribution in [3.05, 3.63) is 87.5 Å². The van der Waals surface area contributed by atoms with E-state index in [9.17, 15) is 9.59 Å². The average molecular weight is 409 g/mol. The molecule has 26 heavy (non-hydrogen) atoms. The van der Waals surface area contributed by atoms with Crippen LogP contribution in [0.15, 0.2) is 76.4 Å². The third-order valence-electron chi connectivity index (χ3n) is 4.04. The molecule has 0 saturated carbocycles. The highest BCUT2D eigenvalue weighted by Gasteiger charge is 2.14. The smallest absolute Gasteiger partial charge is 0.264 e. The van der Waals surface area contributed by atoms with Crippen LogP contribution in [0, 0.1) is 0 Å². The zero-order chi connectivity index (χ0) is 18.1. The molecule has 0 amide bonds. The molecule has 2 aromatic carbocycles. The summed E-state index contributed by atoms with van der Waals surface area (Å²) in [7, 11) is 0. The molecule has 6 nitrogen and oxygen atoms in total. The van der Waals surface area contributed by atoms with Gasteiger partial charge in [-0.15, -0.1) is 0 Å². The summed E-state index contributed by atoms with van der Waals surface area (Å²) in [5.74, 6) is -0.156. The summed E-state index contributed by atoms with van der Waals surface area (Å²) < 4.78 is 3.81. The van der Waals surface area contributed by atoms with Crippen LogP contribution in [0.2, 0.25) is 0 Å². The summed E-state index contributed by atoms with van der Waals surface area (Å²) in [6.07, 6.45) is 2.88. The number of ketones is 1. The van der Waals surface area contributed by atoms with Crippen LogP contribution in [-0.2, 0) is 6.54 Å². The van der Waals surface area contributed by atoms with Crippen molar-refractivity contribution in [1.82, 2.24) is 19.3 Å². The van der Waals surface area contributed by atoms with Gasteiger partial charge in [0.05, 0.1) is 18.4 Å². The molecule has 0 aliphatic carbocycles. The Hall–Kier alpha value is -3.06. The van der Waals surface area contributed by atoms with Crippen LogP contribution in [-0.4, -0.2) is 25.1 Å². The SMILES string of the molecule is O=C(Cn1cnc2c(cnn2-c2ccccc2)c1=O)c1ccc(Br)cc1. The van der Waals surface area contributed by atoms with Crippen molar-refractivity contribution in [1.29, 1.82) is 0 Å². The lowest BCUT2D eigenvalue weighted by atomic mass is 10.1. The molecule has 0 N–H and O–H groups in total. The van der Waals surface area contributed by atoms with Crippen LogP contribution < -0.4 is 5.56 Å². The highest BCUT2D eigenvalue weighted by atomic mass is 79.9. The summed E-state index contributed by atoms with van der Waals surface area (Å²) in [6, 6.07) is 16.5. The summed E-state index contributed by atoms with van der Waals surface area (Å²) >= 11 is 3.34. The molecular formula is C19H13BrN4O2. The van der Waals surface area contributed by atoms with Crippen LogP contribution in [0.3, 0.4) is 0 Å². The summed E-state index contributed by atoms with van der Waals surface area (Å²) in [6.45, 7) is -0.0695. The predicted molar refractivity (Wildman–Crippen MR) is 102 cm³/mol. The molecule has 0 aliphatic rings. The second kappa shape index (κ2) is 6.68. The van der Waals surface area contributed by atoms with E-state index in [1.165, 1.54) is 17.1 Å². The lowest BCUT2D eigenvalue weighted by molar-refractivity contribution is 0.0970. The highest BCUT2D eigenvalue weighted by Crippen LogP contribution is 2.14. The number of carbonyl (C=O) groups is 1. The monoisotopic (exact) mass is 408 g/mol. The molecule has 7 heteroatoms. The Kier molecular flexibility index (Phi) is 4.22. The van der Waals surface area contributed by atoms with Crippen LogP contribution in [0.4, 0.5) is 0 Å². The number of nitrogens with zero attached hydrogens (tertiary/aromatic N) is 4. The summed E-state index contributed by atoms with van der Waals surface area (Å²) in [4.78, 5) is 29.5. The Morgan fingerprint density at radius 3 is 2.50 bits per heavy atom. The number of fused-ring (bicyclic) bond motifs is 1. The number of hydrogen-bond donors (Lipinski definition) is 0. The summed E-state index contributed by atoms with van der Waals surface area (Å²) in [5, 5.41) is 4.64. The first-order valence-corrected chi connectivity index (χ1v) is 8.70. The number of para-hydroxylation sites is 1. The van der Waals surface area contributed by atoms with E-state index in [2.05, 4.69) is 26.0 Å². The average Bonchev–Trinajstić information content (AvgIpc) is 3.10. The van der Waals surface area contributed by atoms with Crippen LogP contribution in [0.25, 0.3) is 16.7 Å². The highest BCUT2D eigenvalue weighted by molar-refractivity contribution is 9.10. The minimum atomic E-state index is -0.289. The number of rotatable bonds is 4. The fraction of sp³-hybridized carbons (Fsp3) is 0.0526. The van der Waals surface area contributed by atoms with Crippen molar-refractivity contribution in [3.63, 3.8) is 0 Å². The maximum atomic E-state index is 12.7. The molecule has 2 heterocycles. The van der Waals surface area contributed by atoms with Crippen LogP contribution in [0.5, 0.6) is 0 Å². The Balaban J connectivity index is 1.70. The molecule has 2 aromatic heterocycles. The van der Waals surface area contributed by atoms with Crippen molar-refractivity contribution in [2.75, 3.05) is 0 Å². The minimum absolute atomic E-state index is 0.0695. The van der Waals surface area contributed by atoms with Crippen molar-refractivity contribution < 1.29 is 4.79 Å². The van der Waals surface area contributed by atoms with E-state index in [0.717, 1.165) is 10.2 Å². The Labute approximate surface area is 156 Å². The van der Waals surface area contributed by atoms with E-state index in [1.54, 1.807) is 28.9 Å². The van der Waals surface area contributed by atoms with Gasteiger partial charge in [0.1, 0.15) is 11.7 Å². The van der Waals surface area contributed by atoms with E-state index in [-0.39, 0.29) is 17.9 Å². The topological polar surface area (TPSA) is 69.8 Å². The van der Waals surface area contributed by atoms with Crippen molar-refractivity contribution in [2.24, 2.45) is 0 Å². The minimum Gasteiger partial charge on any atom is -0.292 e. The van der Waals surface area contributed by atoms with E-state index in [0.29, 0.717) is 16.6 Å². The molecule has 0 spiro atoms. The van der Waals surface area contributed by atoms with Gasteiger partial charge in [0.25, 0.3) is 5.56 Å². The Bertz CT molecular complexity index is 1150. The summed E-state index contributed by atoms with van der Waals surface area (Å²) in [5.41, 5.74) is 1.54. The number of halogens is 1. The molecule has 4 aromatic rings. The maximum Gasteiger partial charge on any atom is 0.264 e. The maximum absolute atomic E-state index is 12.7. The van der Waals surface area contributed by atoms with Crippen LogP contribution >= 0.6 is 15.9 Å². The first-order chi connectivity index (χ1) is 12.6. The second-order valence-corrected chi connectivity index (χ2v) is 6.65. The van der Waals surface area contributed by atoms with Gasteiger partial charge in [-0.3, -0.25) is 14.2 Å². The Morgan fingerprint density at radius 2 is 1.77 bits per heavy atom. The standard InChI is InChI=1S/C19H13BrN4O2/c20-14-8-6-13(7-9-14)17(25)11-23-12-21-18-16(19(23)26)10-22-24(18)15-4-2-1-3-5-15/h1-10,12H,11H2. The zero-order valence-corrected chi connectivity index (χ0v) is 15.1. The second-order valence-electron chi connectivity index (χ2n) is 5.74. The van der Waals surface area contributed by atoms with Gasteiger partial charge in [0.15, 0.2) is 11.4 Å². The molecule has 0 fully saturated rings. The van der Waals surface area contributed by atoms with Gasteiger partial charge >= 0.3 is 0 Å². The fourth-order valence-corrected chi connectivity index (χ4v) is 2.97. The van der Waals surface area contributed by atoms with E-state index < -0.39 is 0 Å². The molecule has 4 rings (SSSR count). The van der Waals surface area contributed by atoms with E-state index in [1.807, 2.05) is 30.3 Å². The molecular weight excluding hydrogens is 396 g/mol. The van der Waals surface area contributed by atoms with Crippen LogP contribution in [0.1, 0.15) is 10.4 Å². The largest absolute Gasteiger partial charge is 0.292 e. The molecule has 0 radical (unpaired) electrons.